The Morgan fingerprint density at radius 2 is 2.17 bits per heavy atom. The maximum atomic E-state index is 11.9. The molecule has 1 atom stereocenters. The Morgan fingerprint density at radius 3 is 2.61 bits per heavy atom. The molecule has 3 N–H and O–H groups in total. The van der Waals surface area contributed by atoms with Gasteiger partial charge in [-0.15, -0.1) is 6.58 Å². The molecule has 1 amide bonds. The lowest BCUT2D eigenvalue weighted by molar-refractivity contribution is -0.117. The first-order valence-corrected chi connectivity index (χ1v) is 6.11. The van der Waals surface area contributed by atoms with Gasteiger partial charge in [0.15, 0.2) is 0 Å². The average Bonchev–Trinajstić information content (AvgIpc) is 2.57. The molecule has 1 unspecified atom stereocenters. The molecule has 0 saturated heterocycles. The molecule has 100 valence electrons. The van der Waals surface area contributed by atoms with Gasteiger partial charge in [-0.25, -0.2) is 0 Å². The van der Waals surface area contributed by atoms with Crippen LogP contribution in [-0.4, -0.2) is 21.7 Å². The monoisotopic (exact) mass is 250 g/mol. The van der Waals surface area contributed by atoms with Crippen LogP contribution in [-0.2, 0) is 4.79 Å². The number of nitrogens with two attached hydrogens (primary N) is 1. The quantitative estimate of drug-likeness (QED) is 0.784. The Labute approximate surface area is 108 Å². The highest BCUT2D eigenvalue weighted by molar-refractivity contribution is 5.95. The van der Waals surface area contributed by atoms with Crippen molar-refractivity contribution in [3.8, 4) is 0 Å². The molecule has 0 spiro atoms. The van der Waals surface area contributed by atoms with E-state index >= 15 is 0 Å². The summed E-state index contributed by atoms with van der Waals surface area (Å²) in [5, 5.41) is 7.25. The van der Waals surface area contributed by atoms with Crippen LogP contribution >= 0.6 is 0 Å². The third kappa shape index (κ3) is 2.98. The Hall–Kier alpha value is -1.62. The summed E-state index contributed by atoms with van der Waals surface area (Å²) >= 11 is 0. The summed E-state index contributed by atoms with van der Waals surface area (Å²) in [5.41, 5.74) is 8.24. The number of anilines is 1. The van der Waals surface area contributed by atoms with Gasteiger partial charge in [0, 0.05) is 6.04 Å². The van der Waals surface area contributed by atoms with Gasteiger partial charge in [-0.2, -0.15) is 5.10 Å². The van der Waals surface area contributed by atoms with E-state index in [9.17, 15) is 4.79 Å². The van der Waals surface area contributed by atoms with Crippen molar-refractivity contribution in [2.45, 2.75) is 46.2 Å². The summed E-state index contributed by atoms with van der Waals surface area (Å²) in [6.45, 7) is 11.5. The Kier molecular flexibility index (Phi) is 4.67. The molecular weight excluding hydrogens is 228 g/mol. The van der Waals surface area contributed by atoms with E-state index in [-0.39, 0.29) is 11.9 Å². The van der Waals surface area contributed by atoms with Crippen LogP contribution < -0.4 is 11.1 Å². The molecule has 1 rings (SSSR count). The molecule has 0 aliphatic heterocycles. The molecule has 0 aliphatic rings. The third-order valence-corrected chi connectivity index (χ3v) is 2.82. The zero-order chi connectivity index (χ0) is 13.9. The highest BCUT2D eigenvalue weighted by Gasteiger charge is 2.18. The zero-order valence-corrected chi connectivity index (χ0v) is 11.5. The average molecular weight is 250 g/mol. The fourth-order valence-electron chi connectivity index (χ4n) is 1.85. The molecule has 0 saturated carbocycles. The van der Waals surface area contributed by atoms with Crippen molar-refractivity contribution in [2.75, 3.05) is 5.32 Å². The molecule has 18 heavy (non-hydrogen) atoms. The maximum absolute atomic E-state index is 11.9. The van der Waals surface area contributed by atoms with Crippen LogP contribution in [0.5, 0.6) is 0 Å². The first-order valence-electron chi connectivity index (χ1n) is 6.11. The lowest BCUT2D eigenvalue weighted by Gasteiger charge is -2.12. The van der Waals surface area contributed by atoms with Crippen molar-refractivity contribution in [2.24, 2.45) is 5.73 Å². The van der Waals surface area contributed by atoms with Crippen molar-refractivity contribution in [3.63, 3.8) is 0 Å². The van der Waals surface area contributed by atoms with Gasteiger partial charge in [0.2, 0.25) is 5.91 Å². The van der Waals surface area contributed by atoms with Gasteiger partial charge in [0.25, 0.3) is 0 Å². The van der Waals surface area contributed by atoms with Gasteiger partial charge >= 0.3 is 0 Å². The minimum atomic E-state index is -0.566. The van der Waals surface area contributed by atoms with Crippen molar-refractivity contribution in [1.29, 1.82) is 0 Å². The topological polar surface area (TPSA) is 72.9 Å². The molecule has 5 nitrogen and oxygen atoms in total. The number of rotatable bonds is 5. The predicted molar refractivity (Wildman–Crippen MR) is 73.5 cm³/mol. The predicted octanol–water partition coefficient (Wildman–Crippen LogP) is 1.92. The lowest BCUT2D eigenvalue weighted by atomic mass is 10.2. The van der Waals surface area contributed by atoms with Crippen LogP contribution in [0, 0.1) is 13.8 Å². The Morgan fingerprint density at radius 1 is 1.56 bits per heavy atom. The van der Waals surface area contributed by atoms with Crippen LogP contribution in [0.4, 0.5) is 5.69 Å². The number of carbonyl (C=O) groups excluding carboxylic acids is 1. The second-order valence-electron chi connectivity index (χ2n) is 4.70. The summed E-state index contributed by atoms with van der Waals surface area (Å²) in [6.07, 6.45) is 2.10. The third-order valence-electron chi connectivity index (χ3n) is 2.82. The second-order valence-corrected chi connectivity index (χ2v) is 4.70. The van der Waals surface area contributed by atoms with Crippen molar-refractivity contribution < 1.29 is 4.79 Å². The normalized spacial score (nSPS) is 12.6. The van der Waals surface area contributed by atoms with E-state index in [1.807, 2.05) is 18.5 Å². The lowest BCUT2D eigenvalue weighted by Crippen LogP contribution is -2.35. The first-order chi connectivity index (χ1) is 8.38. The van der Waals surface area contributed by atoms with Crippen LogP contribution in [0.1, 0.15) is 37.7 Å². The molecule has 0 radical (unpaired) electrons. The van der Waals surface area contributed by atoms with Gasteiger partial charge in [-0.05, 0) is 34.1 Å². The van der Waals surface area contributed by atoms with E-state index in [0.29, 0.717) is 6.42 Å². The number of carbonyl (C=O) groups is 1. The molecule has 0 aliphatic carbocycles. The standard InChI is InChI=1S/C13H22N4O/c1-6-7-11(14)13(18)15-12-9(4)16-17(8(2)3)10(12)5/h6,8,11H,1,7,14H2,2-5H3,(H,15,18). The molecular formula is C13H22N4O. The van der Waals surface area contributed by atoms with E-state index in [4.69, 9.17) is 5.73 Å². The van der Waals surface area contributed by atoms with Gasteiger partial charge < -0.3 is 11.1 Å². The van der Waals surface area contributed by atoms with Gasteiger partial charge in [0.05, 0.1) is 23.1 Å². The summed E-state index contributed by atoms with van der Waals surface area (Å²) < 4.78 is 1.89. The number of hydrogen-bond acceptors (Lipinski definition) is 3. The first kappa shape index (κ1) is 14.4. The largest absolute Gasteiger partial charge is 0.322 e. The fraction of sp³-hybridized carbons (Fsp3) is 0.538. The minimum Gasteiger partial charge on any atom is -0.322 e. The van der Waals surface area contributed by atoms with Crippen LogP contribution in [0.3, 0.4) is 0 Å². The van der Waals surface area contributed by atoms with Crippen LogP contribution in [0.2, 0.25) is 0 Å². The van der Waals surface area contributed by atoms with Gasteiger partial charge in [0.1, 0.15) is 0 Å². The molecule has 0 bridgehead atoms. The molecule has 5 heteroatoms. The molecule has 1 aromatic rings. The number of aromatic nitrogens is 2. The second kappa shape index (κ2) is 5.82. The van der Waals surface area contributed by atoms with Crippen molar-refractivity contribution >= 4 is 11.6 Å². The van der Waals surface area contributed by atoms with Crippen molar-refractivity contribution in [3.05, 3.63) is 24.0 Å². The summed E-state index contributed by atoms with van der Waals surface area (Å²) in [5.74, 6) is -0.204. The number of hydrogen-bond donors (Lipinski definition) is 2. The summed E-state index contributed by atoms with van der Waals surface area (Å²) in [7, 11) is 0. The maximum Gasteiger partial charge on any atom is 0.241 e. The van der Waals surface area contributed by atoms with Crippen molar-refractivity contribution in [1.82, 2.24) is 9.78 Å². The highest BCUT2D eigenvalue weighted by Crippen LogP contribution is 2.22. The highest BCUT2D eigenvalue weighted by atomic mass is 16.2. The van der Waals surface area contributed by atoms with E-state index in [2.05, 4.69) is 30.8 Å². The Bertz CT molecular complexity index is 448. The number of nitrogens with one attached hydrogen (secondary N) is 1. The van der Waals surface area contributed by atoms with Gasteiger partial charge in [-0.1, -0.05) is 6.08 Å². The van der Waals surface area contributed by atoms with Crippen LogP contribution in [0.15, 0.2) is 12.7 Å². The smallest absolute Gasteiger partial charge is 0.241 e. The zero-order valence-electron chi connectivity index (χ0n) is 11.5. The number of amides is 1. The number of aryl methyl sites for hydroxylation is 1. The summed E-state index contributed by atoms with van der Waals surface area (Å²) in [6, 6.07) is -0.306. The minimum absolute atomic E-state index is 0.204. The number of nitrogens with zero attached hydrogens (tertiary/aromatic N) is 2. The molecule has 0 fully saturated rings. The van der Waals surface area contributed by atoms with Crippen LogP contribution in [0.25, 0.3) is 0 Å². The van der Waals surface area contributed by atoms with E-state index in [1.165, 1.54) is 0 Å². The van der Waals surface area contributed by atoms with Gasteiger partial charge in [-0.3, -0.25) is 9.48 Å². The van der Waals surface area contributed by atoms with E-state index in [1.54, 1.807) is 6.08 Å². The molecule has 0 aromatic carbocycles. The SMILES string of the molecule is C=CCC(N)C(=O)Nc1c(C)nn(C(C)C)c1C. The fourth-order valence-corrected chi connectivity index (χ4v) is 1.85. The molecule has 1 aromatic heterocycles. The summed E-state index contributed by atoms with van der Waals surface area (Å²) in [4.78, 5) is 11.9. The van der Waals surface area contributed by atoms with E-state index < -0.39 is 6.04 Å². The molecule has 1 heterocycles. The Balaban J connectivity index is 2.91. The van der Waals surface area contributed by atoms with E-state index in [0.717, 1.165) is 17.1 Å².